The molecule has 0 aliphatic rings. The predicted octanol–water partition coefficient (Wildman–Crippen LogP) is 3.04. The number of nitrogens with one attached hydrogen (secondary N) is 4. The van der Waals surface area contributed by atoms with E-state index in [1.165, 1.54) is 0 Å². The number of benzene rings is 1. The normalized spacial score (nSPS) is 12.5. The molecule has 0 aliphatic heterocycles. The first-order valence-corrected chi connectivity index (χ1v) is 9.32. The molecule has 0 saturated carbocycles. The maximum Gasteiger partial charge on any atom is 0.237 e. The number of amides is 1. The van der Waals surface area contributed by atoms with Gasteiger partial charge in [-0.25, -0.2) is 0 Å². The number of hydrogen-bond donors (Lipinski definition) is 4. The summed E-state index contributed by atoms with van der Waals surface area (Å²) in [6.07, 6.45) is 2.55. The maximum absolute atomic E-state index is 12.6. The van der Waals surface area contributed by atoms with Crippen molar-refractivity contribution in [1.82, 2.24) is 16.0 Å². The molecule has 0 unspecified atom stereocenters. The fourth-order valence-electron chi connectivity index (χ4n) is 2.46. The van der Waals surface area contributed by atoms with Crippen LogP contribution in [0, 0.1) is 5.41 Å². The monoisotopic (exact) mass is 366 g/mol. The summed E-state index contributed by atoms with van der Waals surface area (Å²) in [5.41, 5.74) is 0.961. The van der Waals surface area contributed by atoms with Crippen molar-refractivity contribution in [3.63, 3.8) is 0 Å². The Balaban J connectivity index is 2.45. The molecule has 0 radical (unpaired) electrons. The van der Waals surface area contributed by atoms with Gasteiger partial charge in [0.25, 0.3) is 0 Å². The van der Waals surface area contributed by atoms with Gasteiger partial charge in [-0.3, -0.25) is 10.2 Å². The molecule has 25 heavy (non-hydrogen) atoms. The van der Waals surface area contributed by atoms with E-state index >= 15 is 0 Å². The molecule has 4 N–H and O–H groups in total. The smallest absolute Gasteiger partial charge is 0.237 e. The van der Waals surface area contributed by atoms with Crippen LogP contribution in [-0.4, -0.2) is 35.7 Å². The number of carbonyl (C=O) groups excluding carboxylic acids is 1. The summed E-state index contributed by atoms with van der Waals surface area (Å²) in [4.78, 5) is 12.6. The van der Waals surface area contributed by atoms with Gasteiger partial charge in [0.1, 0.15) is 5.84 Å². The van der Waals surface area contributed by atoms with Gasteiger partial charge in [0.05, 0.1) is 11.9 Å². The molecule has 1 amide bonds. The van der Waals surface area contributed by atoms with Gasteiger partial charge in [-0.1, -0.05) is 30.3 Å². The van der Waals surface area contributed by atoms with Gasteiger partial charge in [-0.05, 0) is 45.6 Å². The van der Waals surface area contributed by atoms with Crippen molar-refractivity contribution in [2.24, 2.45) is 0 Å². The fraction of sp³-hybridized carbons (Fsp3) is 0.579. The van der Waals surface area contributed by atoms with Gasteiger partial charge in [0.2, 0.25) is 5.91 Å². The number of unbranched alkanes of at least 4 members (excludes halogenated alkanes) is 1. The Morgan fingerprint density at radius 3 is 2.44 bits per heavy atom. The molecule has 0 fully saturated rings. The van der Waals surface area contributed by atoms with Gasteiger partial charge in [-0.15, -0.1) is 11.6 Å². The zero-order valence-electron chi connectivity index (χ0n) is 15.5. The van der Waals surface area contributed by atoms with Crippen LogP contribution >= 0.6 is 11.6 Å². The van der Waals surface area contributed by atoms with Gasteiger partial charge >= 0.3 is 0 Å². The van der Waals surface area contributed by atoms with E-state index in [1.807, 2.05) is 30.3 Å². The molecule has 0 heterocycles. The topological polar surface area (TPSA) is 77.0 Å². The first-order chi connectivity index (χ1) is 11.8. The van der Waals surface area contributed by atoms with Crippen molar-refractivity contribution in [2.75, 3.05) is 12.4 Å². The summed E-state index contributed by atoms with van der Waals surface area (Å²) in [5, 5.41) is 16.8. The van der Waals surface area contributed by atoms with E-state index in [0.29, 0.717) is 18.9 Å². The van der Waals surface area contributed by atoms with Gasteiger partial charge in [-0.2, -0.15) is 0 Å². The summed E-state index contributed by atoms with van der Waals surface area (Å²) < 4.78 is 0. The Kier molecular flexibility index (Phi) is 9.53. The zero-order valence-corrected chi connectivity index (χ0v) is 16.2. The number of rotatable bonds is 10. The van der Waals surface area contributed by atoms with Crippen LogP contribution in [0.1, 0.15) is 45.6 Å². The lowest BCUT2D eigenvalue weighted by atomic mass is 10.0. The highest BCUT2D eigenvalue weighted by molar-refractivity contribution is 6.27. The van der Waals surface area contributed by atoms with E-state index in [1.54, 1.807) is 0 Å². The van der Waals surface area contributed by atoms with Crippen molar-refractivity contribution in [2.45, 2.75) is 58.2 Å². The third-order valence-corrected chi connectivity index (χ3v) is 3.89. The number of alkyl halides is 1. The molecule has 1 rings (SSSR count). The van der Waals surface area contributed by atoms with Crippen molar-refractivity contribution in [3.8, 4) is 0 Å². The standard InChI is InChI=1S/C19H31ClN4O/c1-19(2,3)24-16(11-7-8-12-22-17(21)13-20)18(25)23-14-15-9-5-4-6-10-15/h4-6,9-10,16,24H,7-8,11-14H2,1-3H3,(H2,21,22)(H,23,25)/t16-/m0/s1. The van der Waals surface area contributed by atoms with Crippen LogP contribution in [0.15, 0.2) is 30.3 Å². The molecular weight excluding hydrogens is 336 g/mol. The van der Waals surface area contributed by atoms with E-state index in [2.05, 4.69) is 36.7 Å². The minimum absolute atomic E-state index is 0.0280. The van der Waals surface area contributed by atoms with Gasteiger partial charge < -0.3 is 16.0 Å². The number of halogens is 1. The molecule has 0 saturated heterocycles. The second kappa shape index (κ2) is 11.1. The molecule has 6 heteroatoms. The van der Waals surface area contributed by atoms with Crippen molar-refractivity contribution >= 4 is 23.3 Å². The lowest BCUT2D eigenvalue weighted by molar-refractivity contribution is -0.124. The number of hydrogen-bond acceptors (Lipinski definition) is 3. The highest BCUT2D eigenvalue weighted by Crippen LogP contribution is 2.08. The molecule has 1 aromatic rings. The Morgan fingerprint density at radius 2 is 1.84 bits per heavy atom. The molecular formula is C19H31ClN4O. The highest BCUT2D eigenvalue weighted by Gasteiger charge is 2.23. The summed E-state index contributed by atoms with van der Waals surface area (Å²) >= 11 is 5.56. The molecule has 0 spiro atoms. The SMILES string of the molecule is CC(C)(C)N[C@@H](CCCCNC(=N)CCl)C(=O)NCc1ccccc1. The minimum atomic E-state index is -0.226. The highest BCUT2D eigenvalue weighted by atomic mass is 35.5. The van der Waals surface area contributed by atoms with Crippen molar-refractivity contribution in [3.05, 3.63) is 35.9 Å². The van der Waals surface area contributed by atoms with Gasteiger partial charge in [0.15, 0.2) is 0 Å². The average Bonchev–Trinajstić information content (AvgIpc) is 2.58. The lowest BCUT2D eigenvalue weighted by Gasteiger charge is -2.28. The van der Waals surface area contributed by atoms with Gasteiger partial charge in [0, 0.05) is 18.6 Å². The molecule has 0 aliphatic carbocycles. The quantitative estimate of drug-likeness (QED) is 0.222. The van der Waals surface area contributed by atoms with Crippen molar-refractivity contribution in [1.29, 1.82) is 5.41 Å². The first-order valence-electron chi connectivity index (χ1n) is 8.78. The third-order valence-electron chi connectivity index (χ3n) is 3.62. The predicted molar refractivity (Wildman–Crippen MR) is 105 cm³/mol. The molecule has 0 aromatic heterocycles. The number of amidine groups is 1. The molecule has 0 bridgehead atoms. The molecule has 5 nitrogen and oxygen atoms in total. The third kappa shape index (κ3) is 10.1. The second-order valence-corrected chi connectivity index (χ2v) is 7.45. The zero-order chi connectivity index (χ0) is 18.7. The Bertz CT molecular complexity index is 528. The van der Waals surface area contributed by atoms with E-state index in [-0.39, 0.29) is 23.4 Å². The van der Waals surface area contributed by atoms with Crippen LogP contribution in [0.2, 0.25) is 0 Å². The Hall–Kier alpha value is -1.59. The first kappa shape index (κ1) is 21.5. The van der Waals surface area contributed by atoms with Crippen LogP contribution in [0.4, 0.5) is 0 Å². The number of carbonyl (C=O) groups is 1. The summed E-state index contributed by atoms with van der Waals surface area (Å²) in [6.45, 7) is 7.44. The van der Waals surface area contributed by atoms with Crippen LogP contribution in [0.3, 0.4) is 0 Å². The lowest BCUT2D eigenvalue weighted by Crippen LogP contribution is -2.51. The summed E-state index contributed by atoms with van der Waals surface area (Å²) in [7, 11) is 0. The van der Waals surface area contributed by atoms with E-state index < -0.39 is 0 Å². The molecule has 140 valence electrons. The van der Waals surface area contributed by atoms with Crippen LogP contribution < -0.4 is 16.0 Å². The minimum Gasteiger partial charge on any atom is -0.373 e. The average molecular weight is 367 g/mol. The van der Waals surface area contributed by atoms with Crippen molar-refractivity contribution < 1.29 is 4.79 Å². The van der Waals surface area contributed by atoms with E-state index in [4.69, 9.17) is 17.0 Å². The Morgan fingerprint density at radius 1 is 1.16 bits per heavy atom. The summed E-state index contributed by atoms with van der Waals surface area (Å²) in [6, 6.07) is 9.69. The Labute approximate surface area is 156 Å². The fourth-order valence-corrected chi connectivity index (χ4v) is 2.55. The van der Waals surface area contributed by atoms with Crippen LogP contribution in [0.25, 0.3) is 0 Å². The van der Waals surface area contributed by atoms with E-state index in [9.17, 15) is 4.79 Å². The summed E-state index contributed by atoms with van der Waals surface area (Å²) in [5.74, 6) is 0.572. The van der Waals surface area contributed by atoms with Crippen LogP contribution in [-0.2, 0) is 11.3 Å². The largest absolute Gasteiger partial charge is 0.373 e. The van der Waals surface area contributed by atoms with Crippen LogP contribution in [0.5, 0.6) is 0 Å². The van der Waals surface area contributed by atoms with E-state index in [0.717, 1.165) is 24.8 Å². The molecule has 1 aromatic carbocycles. The maximum atomic E-state index is 12.6. The second-order valence-electron chi connectivity index (χ2n) is 7.19. The molecule has 1 atom stereocenters.